The van der Waals surface area contributed by atoms with Crippen molar-refractivity contribution >= 4 is 5.95 Å². The monoisotopic (exact) mass is 266 g/mol. The predicted molar refractivity (Wildman–Crippen MR) is 72.6 cm³/mol. The molecule has 0 bridgehead atoms. The normalized spacial score (nSPS) is 22.9. The Balaban J connectivity index is 2.11. The van der Waals surface area contributed by atoms with E-state index in [1.807, 2.05) is 6.92 Å². The highest BCUT2D eigenvalue weighted by atomic mass is 16.5. The number of anilines is 1. The molecule has 0 amide bonds. The molecule has 6 nitrogen and oxygen atoms in total. The van der Waals surface area contributed by atoms with Gasteiger partial charge in [0.25, 0.3) is 0 Å². The Bertz CT molecular complexity index is 414. The lowest BCUT2D eigenvalue weighted by molar-refractivity contribution is 0.0911. The number of nitrogens with zero attached hydrogens (tertiary/aromatic N) is 3. The van der Waals surface area contributed by atoms with E-state index in [2.05, 4.69) is 27.2 Å². The van der Waals surface area contributed by atoms with E-state index in [9.17, 15) is 0 Å². The zero-order chi connectivity index (χ0) is 13.7. The predicted octanol–water partition coefficient (Wildman–Crippen LogP) is 2.27. The molecule has 1 saturated carbocycles. The fourth-order valence-electron chi connectivity index (χ4n) is 2.31. The molecule has 106 valence electrons. The van der Waals surface area contributed by atoms with E-state index in [0.29, 0.717) is 17.9 Å². The van der Waals surface area contributed by atoms with Crippen LogP contribution in [0.2, 0.25) is 0 Å². The van der Waals surface area contributed by atoms with E-state index >= 15 is 0 Å². The molecule has 0 radical (unpaired) electrons. The molecule has 0 saturated heterocycles. The van der Waals surface area contributed by atoms with Gasteiger partial charge in [-0.25, -0.2) is 0 Å². The van der Waals surface area contributed by atoms with E-state index < -0.39 is 0 Å². The Morgan fingerprint density at radius 3 is 2.58 bits per heavy atom. The van der Waals surface area contributed by atoms with Crippen molar-refractivity contribution in [3.63, 3.8) is 0 Å². The molecular weight excluding hydrogens is 244 g/mol. The molecule has 0 aromatic carbocycles. The average Bonchev–Trinajstić information content (AvgIpc) is 2.41. The molecule has 1 aliphatic carbocycles. The van der Waals surface area contributed by atoms with Crippen LogP contribution in [0.1, 0.15) is 39.5 Å². The molecule has 6 heteroatoms. The van der Waals surface area contributed by atoms with E-state index in [4.69, 9.17) is 9.47 Å². The lowest BCUT2D eigenvalue weighted by Crippen LogP contribution is -2.29. The van der Waals surface area contributed by atoms with Gasteiger partial charge >= 0.3 is 12.0 Å². The number of aromatic nitrogens is 3. The number of ether oxygens (including phenoxy) is 2. The molecule has 2 atom stereocenters. The minimum absolute atomic E-state index is 0.190. The smallest absolute Gasteiger partial charge is 0.324 e. The number of hydrogen-bond acceptors (Lipinski definition) is 6. The molecule has 2 unspecified atom stereocenters. The van der Waals surface area contributed by atoms with Gasteiger partial charge < -0.3 is 14.8 Å². The van der Waals surface area contributed by atoms with Crippen molar-refractivity contribution < 1.29 is 9.47 Å². The van der Waals surface area contributed by atoms with Gasteiger partial charge in [0.15, 0.2) is 0 Å². The van der Waals surface area contributed by atoms with Gasteiger partial charge in [0.1, 0.15) is 6.10 Å². The van der Waals surface area contributed by atoms with Gasteiger partial charge in [-0.1, -0.05) is 13.3 Å². The minimum atomic E-state index is 0.190. The van der Waals surface area contributed by atoms with Gasteiger partial charge in [-0.15, -0.1) is 4.98 Å². The number of rotatable bonds is 5. The first-order valence-electron chi connectivity index (χ1n) is 6.93. The molecule has 0 spiro atoms. The summed E-state index contributed by atoms with van der Waals surface area (Å²) in [6.45, 7) is 4.94. The summed E-state index contributed by atoms with van der Waals surface area (Å²) in [5, 5.41) is 3.05. The fourth-order valence-corrected chi connectivity index (χ4v) is 2.31. The third-order valence-corrected chi connectivity index (χ3v) is 3.40. The minimum Gasteiger partial charge on any atom is -0.467 e. The van der Waals surface area contributed by atoms with Gasteiger partial charge in [0, 0.05) is 6.54 Å². The SMILES string of the molecule is CCNc1nc(OC)nc(OC2CCCCC2C)n1. The first kappa shape index (κ1) is 13.8. The number of methoxy groups -OCH3 is 1. The summed E-state index contributed by atoms with van der Waals surface area (Å²) >= 11 is 0. The lowest BCUT2D eigenvalue weighted by Gasteiger charge is -2.28. The zero-order valence-corrected chi connectivity index (χ0v) is 11.8. The quantitative estimate of drug-likeness (QED) is 0.881. The second-order valence-corrected chi connectivity index (χ2v) is 4.88. The van der Waals surface area contributed by atoms with Gasteiger partial charge in [-0.2, -0.15) is 9.97 Å². The Kier molecular flexibility index (Phi) is 4.76. The average molecular weight is 266 g/mol. The van der Waals surface area contributed by atoms with Crippen LogP contribution in [-0.2, 0) is 0 Å². The second kappa shape index (κ2) is 6.54. The molecule has 1 heterocycles. The van der Waals surface area contributed by atoms with Crippen LogP contribution in [0.3, 0.4) is 0 Å². The molecule has 1 aliphatic rings. The van der Waals surface area contributed by atoms with Crippen molar-refractivity contribution in [2.75, 3.05) is 19.0 Å². The van der Waals surface area contributed by atoms with E-state index in [1.165, 1.54) is 26.4 Å². The molecule has 19 heavy (non-hydrogen) atoms. The molecule has 2 rings (SSSR count). The van der Waals surface area contributed by atoms with Crippen molar-refractivity contribution in [1.29, 1.82) is 0 Å². The van der Waals surface area contributed by atoms with Crippen LogP contribution < -0.4 is 14.8 Å². The fraction of sp³-hybridized carbons (Fsp3) is 0.769. The Morgan fingerprint density at radius 2 is 1.89 bits per heavy atom. The largest absolute Gasteiger partial charge is 0.467 e. The Morgan fingerprint density at radius 1 is 1.16 bits per heavy atom. The third kappa shape index (κ3) is 3.68. The first-order valence-corrected chi connectivity index (χ1v) is 6.93. The van der Waals surface area contributed by atoms with Gasteiger partial charge in [-0.05, 0) is 32.1 Å². The van der Waals surface area contributed by atoms with Crippen LogP contribution in [0.5, 0.6) is 12.0 Å². The lowest BCUT2D eigenvalue weighted by atomic mass is 9.88. The van der Waals surface area contributed by atoms with Crippen molar-refractivity contribution in [2.45, 2.75) is 45.6 Å². The van der Waals surface area contributed by atoms with Gasteiger partial charge in [0.2, 0.25) is 5.95 Å². The summed E-state index contributed by atoms with van der Waals surface area (Å²) in [7, 11) is 1.54. The highest BCUT2D eigenvalue weighted by molar-refractivity contribution is 5.27. The van der Waals surface area contributed by atoms with Crippen LogP contribution in [0, 0.1) is 5.92 Å². The van der Waals surface area contributed by atoms with Gasteiger partial charge in [-0.3, -0.25) is 0 Å². The summed E-state index contributed by atoms with van der Waals surface area (Å²) in [6, 6.07) is 0.631. The number of hydrogen-bond donors (Lipinski definition) is 1. The van der Waals surface area contributed by atoms with E-state index in [1.54, 1.807) is 0 Å². The molecule has 1 aromatic heterocycles. The second-order valence-electron chi connectivity index (χ2n) is 4.88. The van der Waals surface area contributed by atoms with Gasteiger partial charge in [0.05, 0.1) is 7.11 Å². The molecule has 0 aliphatic heterocycles. The highest BCUT2D eigenvalue weighted by Gasteiger charge is 2.24. The molecule has 1 N–H and O–H groups in total. The maximum atomic E-state index is 5.91. The topological polar surface area (TPSA) is 69.2 Å². The third-order valence-electron chi connectivity index (χ3n) is 3.40. The van der Waals surface area contributed by atoms with Crippen molar-refractivity contribution in [2.24, 2.45) is 5.92 Å². The van der Waals surface area contributed by atoms with Crippen LogP contribution >= 0.6 is 0 Å². The Hall–Kier alpha value is -1.59. The van der Waals surface area contributed by atoms with E-state index in [0.717, 1.165) is 13.0 Å². The molecule has 1 aromatic rings. The van der Waals surface area contributed by atoms with Crippen LogP contribution in [0.25, 0.3) is 0 Å². The maximum Gasteiger partial charge on any atom is 0.324 e. The van der Waals surface area contributed by atoms with Crippen LogP contribution in [-0.4, -0.2) is 34.7 Å². The summed E-state index contributed by atoms with van der Waals surface area (Å²) in [5.41, 5.74) is 0. The van der Waals surface area contributed by atoms with Crippen molar-refractivity contribution in [3.05, 3.63) is 0 Å². The standard InChI is InChI=1S/C13H22N4O2/c1-4-14-11-15-12(18-3)17-13(16-11)19-10-8-6-5-7-9(10)2/h9-10H,4-8H2,1-3H3,(H,14,15,16,17). The number of nitrogens with one attached hydrogen (secondary N) is 1. The van der Waals surface area contributed by atoms with Crippen molar-refractivity contribution in [1.82, 2.24) is 15.0 Å². The van der Waals surface area contributed by atoms with Crippen LogP contribution in [0.15, 0.2) is 0 Å². The summed E-state index contributed by atoms with van der Waals surface area (Å²) < 4.78 is 11.0. The van der Waals surface area contributed by atoms with Crippen molar-refractivity contribution in [3.8, 4) is 12.0 Å². The van der Waals surface area contributed by atoms with E-state index in [-0.39, 0.29) is 12.1 Å². The Labute approximate surface area is 114 Å². The highest BCUT2D eigenvalue weighted by Crippen LogP contribution is 2.27. The van der Waals surface area contributed by atoms with Crippen LogP contribution in [0.4, 0.5) is 5.95 Å². The first-order chi connectivity index (χ1) is 9.22. The zero-order valence-electron chi connectivity index (χ0n) is 11.8. The summed E-state index contributed by atoms with van der Waals surface area (Å²) in [6.07, 6.45) is 4.94. The molecule has 1 fully saturated rings. The maximum absolute atomic E-state index is 5.91. The summed E-state index contributed by atoms with van der Waals surface area (Å²) in [4.78, 5) is 12.5. The molecular formula is C13H22N4O2. The summed E-state index contributed by atoms with van der Waals surface area (Å²) in [5.74, 6) is 1.03.